The maximum Gasteiger partial charge on any atom is 0.245 e. The van der Waals surface area contributed by atoms with Crippen LogP contribution in [-0.2, 0) is 46.4 Å². The number of nitrogens with two attached hydrogens (primary N) is 3. The highest BCUT2D eigenvalue weighted by Crippen LogP contribution is 2.22. The molecule has 5 atom stereocenters. The maximum absolute atomic E-state index is 14.5. The van der Waals surface area contributed by atoms with Crippen LogP contribution in [0.3, 0.4) is 0 Å². The molecular weight excluding hydrogens is 998 g/mol. The van der Waals surface area contributed by atoms with E-state index in [0.717, 1.165) is 29.2 Å². The molecule has 0 bridgehead atoms. The van der Waals surface area contributed by atoms with Gasteiger partial charge in [0.25, 0.3) is 0 Å². The smallest absolute Gasteiger partial charge is 0.245 e. The van der Waals surface area contributed by atoms with Gasteiger partial charge in [0.1, 0.15) is 29.9 Å². The molecule has 1 saturated heterocycles. The average Bonchev–Trinajstić information content (AvgIpc) is 3.32. The lowest BCUT2D eigenvalue weighted by Gasteiger charge is -2.32. The van der Waals surface area contributed by atoms with Gasteiger partial charge in [0.2, 0.25) is 41.4 Å². The standard InChI is InChI=1S/C49H70IN11O8/c1-31(52)54-24-10-15-38-47(67)60-39(28-32-18-20-34-12-5-6-13-35(34)26-32)46(66)57-30-44(64)58-40(29-33-19-21-42(62)36(50)27-33)49(69)61(2)41(48(68)59-38)16-11-25-55-43(63)17-4-3-9-23-56-45(65)37(53)14-7-8-22-51/h5-6,12-13,18-21,26-27,37-41,62H,3-4,7-11,14-17,22-25,28-30,51,53H2,1-2H3,(H2,52,54)(H,55,63)(H,56,65)(H,57,66)(H,58,64)(H,59,68)(H,60,67)/t37?,38-,39-,40+,41+/m0/s1. The fourth-order valence-corrected chi connectivity index (χ4v) is 8.48. The van der Waals surface area contributed by atoms with Crippen LogP contribution in [0.5, 0.6) is 5.75 Å². The predicted octanol–water partition coefficient (Wildman–Crippen LogP) is 1.53. The molecule has 19 nitrogen and oxygen atoms in total. The highest BCUT2D eigenvalue weighted by molar-refractivity contribution is 14.1. The topological polar surface area (TPSA) is 306 Å². The third-order valence-electron chi connectivity index (χ3n) is 11.8. The van der Waals surface area contributed by atoms with E-state index < -0.39 is 66.3 Å². The summed E-state index contributed by atoms with van der Waals surface area (Å²) in [5.41, 5.74) is 18.6. The van der Waals surface area contributed by atoms with E-state index >= 15 is 0 Å². The summed E-state index contributed by atoms with van der Waals surface area (Å²) in [6, 6.07) is 12.9. The maximum atomic E-state index is 14.5. The number of amides is 7. The number of amidine groups is 1. The van der Waals surface area contributed by atoms with Crippen LogP contribution in [0.1, 0.15) is 88.7 Å². The summed E-state index contributed by atoms with van der Waals surface area (Å²) >= 11 is 1.96. The molecule has 69 heavy (non-hydrogen) atoms. The first-order chi connectivity index (χ1) is 33.1. The number of carbonyl (C=O) groups is 7. The van der Waals surface area contributed by atoms with E-state index in [2.05, 4.69) is 36.9 Å². The minimum absolute atomic E-state index is 0.0208. The van der Waals surface area contributed by atoms with Crippen molar-refractivity contribution in [1.82, 2.24) is 36.8 Å². The second-order valence-corrected chi connectivity index (χ2v) is 18.6. The second-order valence-electron chi connectivity index (χ2n) is 17.5. The van der Waals surface area contributed by atoms with Crippen molar-refractivity contribution in [3.8, 4) is 5.75 Å². The van der Waals surface area contributed by atoms with Gasteiger partial charge in [0, 0.05) is 45.9 Å². The van der Waals surface area contributed by atoms with Crippen LogP contribution < -0.4 is 49.1 Å². The Kier molecular flexibility index (Phi) is 23.6. The van der Waals surface area contributed by atoms with Gasteiger partial charge in [-0.1, -0.05) is 61.4 Å². The summed E-state index contributed by atoms with van der Waals surface area (Å²) in [5, 5.41) is 28.9. The van der Waals surface area contributed by atoms with Crippen LogP contribution >= 0.6 is 22.6 Å². The van der Waals surface area contributed by atoms with Gasteiger partial charge in [-0.15, -0.1) is 0 Å². The number of aliphatic imine (C=N–C) groups is 1. The largest absolute Gasteiger partial charge is 0.507 e. The number of likely N-dealkylation sites (N-methyl/N-ethyl adjacent to an activating group) is 1. The van der Waals surface area contributed by atoms with Crippen molar-refractivity contribution >= 4 is 80.5 Å². The number of aromatic hydroxyl groups is 1. The van der Waals surface area contributed by atoms with Crippen molar-refractivity contribution in [3.63, 3.8) is 0 Å². The summed E-state index contributed by atoms with van der Waals surface area (Å²) < 4.78 is 0.521. The molecule has 1 aliphatic heterocycles. The van der Waals surface area contributed by atoms with Gasteiger partial charge in [-0.25, -0.2) is 0 Å². The fourth-order valence-electron chi connectivity index (χ4n) is 7.90. The Morgan fingerprint density at radius 1 is 0.797 bits per heavy atom. The third-order valence-corrected chi connectivity index (χ3v) is 12.7. The average molecular weight is 1070 g/mol. The molecule has 1 heterocycles. The van der Waals surface area contributed by atoms with Crippen LogP contribution in [0, 0.1) is 3.57 Å². The van der Waals surface area contributed by atoms with Gasteiger partial charge >= 0.3 is 0 Å². The highest BCUT2D eigenvalue weighted by atomic mass is 127. The molecule has 0 aliphatic carbocycles. The summed E-state index contributed by atoms with van der Waals surface area (Å²) in [4.78, 5) is 101. The molecule has 3 aromatic carbocycles. The van der Waals surface area contributed by atoms with Crippen LogP contribution in [0.2, 0.25) is 0 Å². The van der Waals surface area contributed by atoms with Gasteiger partial charge in [0.05, 0.1) is 22.0 Å². The zero-order valence-electron chi connectivity index (χ0n) is 39.7. The van der Waals surface area contributed by atoms with Crippen LogP contribution in [0.15, 0.2) is 65.7 Å². The summed E-state index contributed by atoms with van der Waals surface area (Å²) in [7, 11) is 1.44. The zero-order chi connectivity index (χ0) is 50.3. The summed E-state index contributed by atoms with van der Waals surface area (Å²) in [6.45, 7) is 2.56. The van der Waals surface area contributed by atoms with Gasteiger partial charge in [-0.3, -0.25) is 38.6 Å². The minimum Gasteiger partial charge on any atom is -0.507 e. The third kappa shape index (κ3) is 19.2. The van der Waals surface area contributed by atoms with E-state index in [1.165, 1.54) is 18.0 Å². The molecule has 1 unspecified atom stereocenters. The van der Waals surface area contributed by atoms with E-state index in [4.69, 9.17) is 17.2 Å². The van der Waals surface area contributed by atoms with Gasteiger partial charge in [-0.2, -0.15) is 0 Å². The predicted molar refractivity (Wildman–Crippen MR) is 274 cm³/mol. The number of hydrogen-bond donors (Lipinski definition) is 10. The number of nitrogens with zero attached hydrogens (tertiary/aromatic N) is 2. The number of phenols is 1. The molecule has 13 N–H and O–H groups in total. The first-order valence-corrected chi connectivity index (χ1v) is 24.8. The number of carbonyl (C=O) groups excluding carboxylic acids is 7. The molecule has 1 fully saturated rings. The summed E-state index contributed by atoms with van der Waals surface area (Å²) in [5.74, 6) is -3.28. The second kappa shape index (κ2) is 29.2. The Morgan fingerprint density at radius 2 is 1.49 bits per heavy atom. The number of halogens is 1. The number of phenolic OH excluding ortho intramolecular Hbond substituents is 1. The molecule has 7 amide bonds. The highest BCUT2D eigenvalue weighted by Gasteiger charge is 2.35. The number of hydrogen-bond acceptors (Lipinski definition) is 11. The zero-order valence-corrected chi connectivity index (χ0v) is 41.9. The number of nitrogens with one attached hydrogen (secondary N) is 6. The first-order valence-electron chi connectivity index (χ1n) is 23.7. The Morgan fingerprint density at radius 3 is 2.23 bits per heavy atom. The van der Waals surface area contributed by atoms with Crippen molar-refractivity contribution in [2.45, 2.75) is 121 Å². The molecule has 0 spiro atoms. The molecule has 376 valence electrons. The Labute approximate surface area is 417 Å². The summed E-state index contributed by atoms with van der Waals surface area (Å²) in [6.07, 6.45) is 5.19. The van der Waals surface area contributed by atoms with Crippen molar-refractivity contribution < 1.29 is 38.7 Å². The quantitative estimate of drug-likeness (QED) is 0.0281. The van der Waals surface area contributed by atoms with E-state index in [9.17, 15) is 38.7 Å². The van der Waals surface area contributed by atoms with Gasteiger partial charge < -0.3 is 59.1 Å². The number of rotatable bonds is 23. The molecule has 0 aromatic heterocycles. The molecule has 1 aliphatic rings. The molecule has 20 heteroatoms. The number of fused-ring (bicyclic) bond motifs is 1. The van der Waals surface area contributed by atoms with Crippen molar-refractivity contribution in [2.24, 2.45) is 22.2 Å². The van der Waals surface area contributed by atoms with Crippen molar-refractivity contribution in [2.75, 3.05) is 39.8 Å². The Hall–Kier alpha value is -5.87. The van der Waals surface area contributed by atoms with Crippen LogP contribution in [-0.4, -0.2) is 127 Å². The van der Waals surface area contributed by atoms with Crippen LogP contribution in [0.4, 0.5) is 0 Å². The minimum atomic E-state index is -1.22. The van der Waals surface area contributed by atoms with Crippen LogP contribution in [0.25, 0.3) is 10.8 Å². The van der Waals surface area contributed by atoms with Crippen molar-refractivity contribution in [3.05, 3.63) is 75.4 Å². The van der Waals surface area contributed by atoms with Gasteiger partial charge in [0.15, 0.2) is 0 Å². The molecule has 0 radical (unpaired) electrons. The van der Waals surface area contributed by atoms with E-state index in [1.54, 1.807) is 19.1 Å². The molecule has 3 aromatic rings. The molecular formula is C49H70IN11O8. The molecule has 0 saturated carbocycles. The number of unbranched alkanes of at least 4 members (excludes halogenated alkanes) is 3. The number of benzene rings is 3. The normalized spacial score (nSPS) is 19.1. The monoisotopic (exact) mass is 1070 g/mol. The fraction of sp³-hybridized carbons (Fsp3) is 0.510. The van der Waals surface area contributed by atoms with E-state index in [1.807, 2.05) is 65.1 Å². The van der Waals surface area contributed by atoms with Gasteiger partial charge in [-0.05, 0) is 121 Å². The lowest BCUT2D eigenvalue weighted by molar-refractivity contribution is -0.142. The van der Waals surface area contributed by atoms with E-state index in [-0.39, 0.29) is 69.2 Å². The Balaban J connectivity index is 1.53. The Bertz CT molecular complexity index is 2260. The van der Waals surface area contributed by atoms with E-state index in [0.29, 0.717) is 60.2 Å². The molecule has 4 rings (SSSR count). The lowest BCUT2D eigenvalue weighted by Crippen LogP contribution is -2.58. The lowest BCUT2D eigenvalue weighted by atomic mass is 10.00. The van der Waals surface area contributed by atoms with Crippen molar-refractivity contribution in [1.29, 1.82) is 0 Å². The first kappa shape index (κ1) is 55.7. The SMILES string of the molecule is CC(N)=NCCC[C@@H]1NC(=O)[C@@H](CCCNC(=O)CCCCCNC(=O)C(N)CCCCN)N(C)C(=O)[C@@H](Cc2ccc(O)c(I)c2)NC(=O)CNC(=O)[C@H](Cc2ccc3ccccc3c2)NC1=O.